The van der Waals surface area contributed by atoms with Crippen LogP contribution in [0.4, 0.5) is 0 Å². The van der Waals surface area contributed by atoms with Crippen LogP contribution in [0.2, 0.25) is 0 Å². The number of aliphatic hydroxyl groups is 1. The molecular weight excluding hydrogens is 486 g/mol. The Morgan fingerprint density at radius 3 is 1.92 bits per heavy atom. The third-order valence-electron chi connectivity index (χ3n) is 5.43. The zero-order valence-electron chi connectivity index (χ0n) is 21.1. The number of nitrogens with two attached hydrogens (primary N) is 2. The lowest BCUT2D eigenvalue weighted by Gasteiger charge is -2.26. The Morgan fingerprint density at radius 1 is 0.892 bits per heavy atom. The SMILES string of the molecule is CC(C)CC(NC(=O)C(N)Cc1ccc(O)cc1)C(=O)NC(CCC(N)=O)C(=O)NC(C(=O)O)C(C)O. The second kappa shape index (κ2) is 14.8. The molecule has 10 N–H and O–H groups in total. The van der Waals surface area contributed by atoms with Gasteiger partial charge in [-0.1, -0.05) is 26.0 Å². The number of hydrogen-bond acceptors (Lipinski definition) is 8. The van der Waals surface area contributed by atoms with E-state index >= 15 is 0 Å². The van der Waals surface area contributed by atoms with E-state index in [0.717, 1.165) is 0 Å². The van der Waals surface area contributed by atoms with E-state index in [2.05, 4.69) is 16.0 Å². The fourth-order valence-corrected chi connectivity index (χ4v) is 3.43. The summed E-state index contributed by atoms with van der Waals surface area (Å²) in [6.45, 7) is 4.81. The maximum Gasteiger partial charge on any atom is 0.328 e. The van der Waals surface area contributed by atoms with E-state index in [4.69, 9.17) is 11.5 Å². The van der Waals surface area contributed by atoms with Crippen molar-refractivity contribution in [2.75, 3.05) is 0 Å². The number of carbonyl (C=O) groups excluding carboxylic acids is 4. The minimum Gasteiger partial charge on any atom is -0.508 e. The highest BCUT2D eigenvalue weighted by Gasteiger charge is 2.32. The van der Waals surface area contributed by atoms with Crippen molar-refractivity contribution in [1.29, 1.82) is 0 Å². The fraction of sp³-hybridized carbons (Fsp3) is 0.542. The van der Waals surface area contributed by atoms with Gasteiger partial charge < -0.3 is 42.7 Å². The number of phenolic OH excluding ortho intramolecular Hbond substituents is 1. The maximum absolute atomic E-state index is 13.1. The topological polar surface area (TPSA) is 234 Å². The number of nitrogens with one attached hydrogen (secondary N) is 3. The molecule has 1 rings (SSSR count). The summed E-state index contributed by atoms with van der Waals surface area (Å²) >= 11 is 0. The maximum atomic E-state index is 13.1. The number of phenols is 1. The second-order valence-corrected chi connectivity index (χ2v) is 9.30. The minimum atomic E-state index is -1.65. The smallest absolute Gasteiger partial charge is 0.328 e. The molecule has 0 aliphatic rings. The van der Waals surface area contributed by atoms with Gasteiger partial charge in [-0.3, -0.25) is 19.2 Å². The van der Waals surface area contributed by atoms with Crippen molar-refractivity contribution >= 4 is 29.6 Å². The number of primary amides is 1. The molecule has 4 amide bonds. The first-order valence-corrected chi connectivity index (χ1v) is 11.8. The van der Waals surface area contributed by atoms with Crippen molar-refractivity contribution in [1.82, 2.24) is 16.0 Å². The number of aromatic hydroxyl groups is 1. The summed E-state index contributed by atoms with van der Waals surface area (Å²) in [4.78, 5) is 61.2. The number of aliphatic hydroxyl groups excluding tert-OH is 1. The van der Waals surface area contributed by atoms with Crippen molar-refractivity contribution in [2.24, 2.45) is 17.4 Å². The van der Waals surface area contributed by atoms with Crippen LogP contribution >= 0.6 is 0 Å². The first kappa shape index (κ1) is 31.3. The molecule has 0 radical (unpaired) electrons. The molecule has 13 nitrogen and oxygen atoms in total. The monoisotopic (exact) mass is 523 g/mol. The van der Waals surface area contributed by atoms with Gasteiger partial charge in [0.05, 0.1) is 12.1 Å². The Kier molecular flexibility index (Phi) is 12.5. The number of hydrogen-bond donors (Lipinski definition) is 8. The third kappa shape index (κ3) is 11.3. The van der Waals surface area contributed by atoms with Gasteiger partial charge in [-0.2, -0.15) is 0 Å². The molecule has 0 heterocycles. The predicted molar refractivity (Wildman–Crippen MR) is 133 cm³/mol. The molecule has 0 saturated carbocycles. The normalized spacial score (nSPS) is 15.1. The molecule has 5 atom stereocenters. The molecule has 206 valence electrons. The molecule has 0 aromatic heterocycles. The highest BCUT2D eigenvalue weighted by molar-refractivity contribution is 5.94. The predicted octanol–water partition coefficient (Wildman–Crippen LogP) is -1.51. The number of carboxylic acids is 1. The molecule has 5 unspecified atom stereocenters. The largest absolute Gasteiger partial charge is 0.508 e. The molecule has 0 saturated heterocycles. The van der Waals surface area contributed by atoms with Gasteiger partial charge >= 0.3 is 5.97 Å². The van der Waals surface area contributed by atoms with E-state index in [0.29, 0.717) is 5.56 Å². The molecule has 0 aliphatic heterocycles. The van der Waals surface area contributed by atoms with Crippen molar-refractivity contribution in [2.45, 2.75) is 76.7 Å². The summed E-state index contributed by atoms with van der Waals surface area (Å²) in [5.41, 5.74) is 11.9. The van der Waals surface area contributed by atoms with E-state index < -0.39 is 59.9 Å². The summed E-state index contributed by atoms with van der Waals surface area (Å²) in [5, 5.41) is 35.4. The first-order chi connectivity index (χ1) is 17.2. The highest BCUT2D eigenvalue weighted by Crippen LogP contribution is 2.12. The van der Waals surface area contributed by atoms with E-state index in [1.54, 1.807) is 12.1 Å². The van der Waals surface area contributed by atoms with Gasteiger partial charge in [-0.25, -0.2) is 4.79 Å². The van der Waals surface area contributed by atoms with Crippen molar-refractivity contribution in [3.05, 3.63) is 29.8 Å². The Labute approximate surface area is 215 Å². The molecule has 0 aliphatic carbocycles. The Morgan fingerprint density at radius 2 is 1.43 bits per heavy atom. The molecule has 37 heavy (non-hydrogen) atoms. The Balaban J connectivity index is 3.00. The van der Waals surface area contributed by atoms with E-state index in [9.17, 15) is 39.3 Å². The first-order valence-electron chi connectivity index (χ1n) is 11.8. The van der Waals surface area contributed by atoms with Crippen LogP contribution in [0.25, 0.3) is 0 Å². The molecular formula is C24H37N5O8. The molecule has 1 aromatic rings. The van der Waals surface area contributed by atoms with E-state index in [-0.39, 0.29) is 37.4 Å². The number of aliphatic carboxylic acids is 1. The molecule has 0 fully saturated rings. The summed E-state index contributed by atoms with van der Waals surface area (Å²) < 4.78 is 0. The van der Waals surface area contributed by atoms with Crippen LogP contribution in [0.3, 0.4) is 0 Å². The molecule has 13 heteroatoms. The number of rotatable bonds is 15. The summed E-state index contributed by atoms with van der Waals surface area (Å²) in [7, 11) is 0. The van der Waals surface area contributed by atoms with Crippen molar-refractivity contribution in [3.8, 4) is 5.75 Å². The van der Waals surface area contributed by atoms with Crippen LogP contribution in [-0.2, 0) is 30.4 Å². The second-order valence-electron chi connectivity index (χ2n) is 9.30. The lowest BCUT2D eigenvalue weighted by Crippen LogP contribution is -2.58. The van der Waals surface area contributed by atoms with Gasteiger partial charge in [0.25, 0.3) is 0 Å². The van der Waals surface area contributed by atoms with Gasteiger partial charge in [0.15, 0.2) is 6.04 Å². The van der Waals surface area contributed by atoms with Crippen LogP contribution in [0.15, 0.2) is 24.3 Å². The van der Waals surface area contributed by atoms with Gasteiger partial charge in [0.2, 0.25) is 23.6 Å². The average Bonchev–Trinajstić information content (AvgIpc) is 2.79. The molecule has 1 aromatic carbocycles. The molecule has 0 spiro atoms. The van der Waals surface area contributed by atoms with Gasteiger partial charge in [-0.05, 0) is 49.8 Å². The zero-order chi connectivity index (χ0) is 28.3. The minimum absolute atomic E-state index is 0.0473. The van der Waals surface area contributed by atoms with Gasteiger partial charge in [0.1, 0.15) is 17.8 Å². The standard InChI is InChI=1S/C24H37N5O8/c1-12(2)10-18(28-21(33)16(25)11-14-4-6-15(31)7-5-14)23(35)27-17(8-9-19(26)32)22(34)29-20(13(3)30)24(36)37/h4-7,12-13,16-18,20,30-31H,8-11,25H2,1-3H3,(H2,26,32)(H,27,35)(H,28,33)(H,29,34)(H,36,37). The lowest BCUT2D eigenvalue weighted by atomic mass is 10.0. The third-order valence-corrected chi connectivity index (χ3v) is 5.43. The number of carboxylic acid groups (broad SMARTS) is 1. The fourth-order valence-electron chi connectivity index (χ4n) is 3.43. The summed E-state index contributed by atoms with van der Waals surface area (Å²) in [6.07, 6.45) is -1.62. The van der Waals surface area contributed by atoms with E-state index in [1.165, 1.54) is 19.1 Å². The lowest BCUT2D eigenvalue weighted by molar-refractivity contribution is -0.145. The Hall–Kier alpha value is -3.71. The van der Waals surface area contributed by atoms with Gasteiger partial charge in [-0.15, -0.1) is 0 Å². The average molecular weight is 524 g/mol. The van der Waals surface area contributed by atoms with Crippen LogP contribution in [0, 0.1) is 5.92 Å². The van der Waals surface area contributed by atoms with Crippen molar-refractivity contribution in [3.63, 3.8) is 0 Å². The van der Waals surface area contributed by atoms with E-state index in [1.807, 2.05) is 13.8 Å². The van der Waals surface area contributed by atoms with Crippen LogP contribution in [0.1, 0.15) is 45.6 Å². The number of amides is 4. The Bertz CT molecular complexity index is 951. The highest BCUT2D eigenvalue weighted by atomic mass is 16.4. The van der Waals surface area contributed by atoms with Crippen LogP contribution < -0.4 is 27.4 Å². The quantitative estimate of drug-likeness (QED) is 0.133. The number of carbonyl (C=O) groups is 5. The number of benzene rings is 1. The van der Waals surface area contributed by atoms with Gasteiger partial charge in [0, 0.05) is 6.42 Å². The van der Waals surface area contributed by atoms with Crippen molar-refractivity contribution < 1.29 is 39.3 Å². The zero-order valence-corrected chi connectivity index (χ0v) is 21.1. The molecule has 0 bridgehead atoms. The summed E-state index contributed by atoms with van der Waals surface area (Å²) in [5.74, 6) is -4.52. The van der Waals surface area contributed by atoms with Crippen LogP contribution in [-0.4, -0.2) is 75.2 Å². The summed E-state index contributed by atoms with van der Waals surface area (Å²) in [6, 6.07) is 1.03. The van der Waals surface area contributed by atoms with Crippen LogP contribution in [0.5, 0.6) is 5.75 Å².